The fourth-order valence-corrected chi connectivity index (χ4v) is 6.99. The number of rotatable bonds is 10. The Bertz CT molecular complexity index is 2320. The Labute approximate surface area is 323 Å². The number of hydrogen-bond acceptors (Lipinski definition) is 5. The van der Waals surface area contributed by atoms with Crippen molar-refractivity contribution in [3.63, 3.8) is 0 Å². The van der Waals surface area contributed by atoms with E-state index in [9.17, 15) is 0 Å². The Morgan fingerprint density at radius 1 is 0.436 bits per heavy atom. The highest BCUT2D eigenvalue weighted by atomic mass is 16.5. The normalized spacial score (nSPS) is 12.2. The third-order valence-corrected chi connectivity index (χ3v) is 10.0. The molecule has 0 aliphatic carbocycles. The highest BCUT2D eigenvalue weighted by Gasteiger charge is 2.19. The summed E-state index contributed by atoms with van der Waals surface area (Å²) >= 11 is 0. The zero-order valence-corrected chi connectivity index (χ0v) is 31.1. The molecule has 2 aliphatic rings. The van der Waals surface area contributed by atoms with Crippen LogP contribution in [0.3, 0.4) is 0 Å². The Morgan fingerprint density at radius 3 is 1.64 bits per heavy atom. The first-order valence-corrected chi connectivity index (χ1v) is 18.9. The zero-order chi connectivity index (χ0) is 37.2. The first-order chi connectivity index (χ1) is 27.2. The van der Waals surface area contributed by atoms with Gasteiger partial charge in [-0.15, -0.1) is 0 Å². The Kier molecular flexibility index (Phi) is 11.1. The van der Waals surface area contributed by atoms with E-state index >= 15 is 0 Å². The van der Waals surface area contributed by atoms with Gasteiger partial charge in [0.05, 0.1) is 7.11 Å². The van der Waals surface area contributed by atoms with E-state index in [1.165, 1.54) is 16.7 Å². The van der Waals surface area contributed by atoms with Gasteiger partial charge in [-0.05, 0) is 124 Å². The fourth-order valence-electron chi connectivity index (χ4n) is 6.99. The summed E-state index contributed by atoms with van der Waals surface area (Å²) in [5, 5.41) is 0. The van der Waals surface area contributed by atoms with Crippen molar-refractivity contribution >= 4 is 0 Å². The molecule has 7 aromatic carbocycles. The molecule has 0 atom stereocenters. The van der Waals surface area contributed by atoms with Crippen LogP contribution >= 0.6 is 0 Å². The third kappa shape index (κ3) is 9.02. The Hall–Kier alpha value is -6.46. The van der Waals surface area contributed by atoms with Gasteiger partial charge in [0.2, 0.25) is 0 Å². The van der Waals surface area contributed by atoms with Gasteiger partial charge in [-0.3, -0.25) is 0 Å². The summed E-state index contributed by atoms with van der Waals surface area (Å²) in [6.45, 7) is 1.39. The lowest BCUT2D eigenvalue weighted by Crippen LogP contribution is -2.04. The molecule has 2 aliphatic heterocycles. The molecule has 0 saturated heterocycles. The minimum atomic E-state index is 0.441. The van der Waals surface area contributed by atoms with Gasteiger partial charge in [-0.1, -0.05) is 115 Å². The van der Waals surface area contributed by atoms with Crippen LogP contribution in [0.25, 0.3) is 11.1 Å². The molecule has 4 bridgehead atoms. The molecule has 55 heavy (non-hydrogen) atoms. The predicted molar refractivity (Wildman–Crippen MR) is 219 cm³/mol. The van der Waals surface area contributed by atoms with Crippen molar-refractivity contribution in [2.24, 2.45) is 0 Å². The molecule has 0 fully saturated rings. The van der Waals surface area contributed by atoms with E-state index < -0.39 is 0 Å². The van der Waals surface area contributed by atoms with Gasteiger partial charge in [-0.2, -0.15) is 0 Å². The van der Waals surface area contributed by atoms with Crippen molar-refractivity contribution in [1.29, 1.82) is 0 Å². The minimum absolute atomic E-state index is 0.441. The van der Waals surface area contributed by atoms with Gasteiger partial charge in [-0.25, -0.2) is 0 Å². The quantitative estimate of drug-likeness (QED) is 0.141. The maximum absolute atomic E-state index is 6.53. The van der Waals surface area contributed by atoms with E-state index in [-0.39, 0.29) is 0 Å². The second-order valence-electron chi connectivity index (χ2n) is 13.8. The third-order valence-electron chi connectivity index (χ3n) is 10.0. The first-order valence-electron chi connectivity index (χ1n) is 18.9. The van der Waals surface area contributed by atoms with E-state index in [0.29, 0.717) is 37.1 Å². The molecule has 0 N–H and O–H groups in total. The van der Waals surface area contributed by atoms with Crippen LogP contribution in [0.2, 0.25) is 0 Å². The van der Waals surface area contributed by atoms with E-state index in [4.69, 9.17) is 23.7 Å². The van der Waals surface area contributed by atoms with Gasteiger partial charge in [0, 0.05) is 0 Å². The molecule has 274 valence electrons. The van der Waals surface area contributed by atoms with Gasteiger partial charge in [0.1, 0.15) is 31.3 Å². The van der Waals surface area contributed by atoms with Crippen molar-refractivity contribution in [2.75, 3.05) is 7.11 Å². The smallest absolute Gasteiger partial charge is 0.169 e. The average Bonchev–Trinajstić information content (AvgIpc) is 3.24. The van der Waals surface area contributed by atoms with Crippen molar-refractivity contribution in [1.82, 2.24) is 0 Å². The molecule has 2 heterocycles. The van der Waals surface area contributed by atoms with Gasteiger partial charge >= 0.3 is 0 Å². The van der Waals surface area contributed by atoms with Crippen LogP contribution in [-0.4, -0.2) is 7.11 Å². The van der Waals surface area contributed by atoms with Crippen molar-refractivity contribution in [3.05, 3.63) is 203 Å². The first kappa shape index (κ1) is 35.6. The summed E-state index contributed by atoms with van der Waals surface area (Å²) in [7, 11) is 1.71. The summed E-state index contributed by atoms with van der Waals surface area (Å²) in [4.78, 5) is 0. The monoisotopic (exact) mass is 724 g/mol. The summed E-state index contributed by atoms with van der Waals surface area (Å²) in [6.07, 6.45) is 3.22. The number of benzene rings is 7. The average molecular weight is 725 g/mol. The molecular formula is C50H44O5. The lowest BCUT2D eigenvalue weighted by atomic mass is 9.89. The summed E-state index contributed by atoms with van der Waals surface area (Å²) < 4.78 is 31.7. The summed E-state index contributed by atoms with van der Waals surface area (Å²) in [5.74, 6) is 4.45. The molecule has 0 spiro atoms. The largest absolute Gasteiger partial charge is 0.493 e. The van der Waals surface area contributed by atoms with Crippen molar-refractivity contribution in [3.8, 4) is 45.6 Å². The van der Waals surface area contributed by atoms with Gasteiger partial charge in [0.25, 0.3) is 0 Å². The van der Waals surface area contributed by atoms with E-state index in [0.717, 1.165) is 76.3 Å². The predicted octanol–water partition coefficient (Wildman–Crippen LogP) is 11.8. The minimum Gasteiger partial charge on any atom is -0.493 e. The lowest BCUT2D eigenvalue weighted by molar-refractivity contribution is 0.284. The topological polar surface area (TPSA) is 46.2 Å². The number of methoxy groups -OCH3 is 1. The lowest BCUT2D eigenvalue weighted by Gasteiger charge is -2.20. The standard InChI is InChI=1S/C50H44O5/c1-51-48-31-42-22-17-36-19-24-43(25-20-36)55-50-29-37(21-28-47(50)53-34-39-13-7-3-8-14-39)18-23-41-30-44(52-33-38-11-5-2-6-12-38)26-27-45(41)46(42)32-49(48)54-35-40-15-9-4-10-16-40/h2-16,19-21,24-32H,17-18,22-23,33-35H2,1H3. The summed E-state index contributed by atoms with van der Waals surface area (Å²) in [6, 6.07) is 56.2. The SMILES string of the molecule is COc1cc2c(cc1OCc1ccccc1)-c1ccc(OCc3ccccc3)cc1CCc1ccc(OCc3ccccc3)c(c1)Oc1ccc(cc1)CC2. The molecule has 0 amide bonds. The van der Waals surface area contributed by atoms with Crippen LogP contribution in [0.5, 0.6) is 34.5 Å². The highest BCUT2D eigenvalue weighted by Crippen LogP contribution is 2.41. The fraction of sp³-hybridized carbons (Fsp3) is 0.160. The number of hydrogen-bond donors (Lipinski definition) is 0. The molecule has 5 heteroatoms. The van der Waals surface area contributed by atoms with Crippen LogP contribution in [0.4, 0.5) is 0 Å². The van der Waals surface area contributed by atoms with E-state index in [1.54, 1.807) is 7.11 Å². The number of aryl methyl sites for hydroxylation is 4. The molecular weight excluding hydrogens is 681 g/mol. The molecule has 0 radical (unpaired) electrons. The van der Waals surface area contributed by atoms with Crippen LogP contribution in [0, 0.1) is 0 Å². The summed E-state index contributed by atoms with van der Waals surface area (Å²) in [5.41, 5.74) is 10.3. The number of ether oxygens (including phenoxy) is 5. The van der Waals surface area contributed by atoms with E-state index in [2.05, 4.69) is 91.0 Å². The maximum Gasteiger partial charge on any atom is 0.169 e. The van der Waals surface area contributed by atoms with Crippen molar-refractivity contribution in [2.45, 2.75) is 45.5 Å². The van der Waals surface area contributed by atoms with Crippen LogP contribution in [0.15, 0.2) is 164 Å². The maximum atomic E-state index is 6.53. The van der Waals surface area contributed by atoms with Crippen LogP contribution in [0.1, 0.15) is 38.9 Å². The second kappa shape index (κ2) is 17.1. The van der Waals surface area contributed by atoms with Gasteiger partial charge in [0.15, 0.2) is 23.0 Å². The Morgan fingerprint density at radius 2 is 1.00 bits per heavy atom. The van der Waals surface area contributed by atoms with Crippen LogP contribution in [-0.2, 0) is 45.5 Å². The zero-order valence-electron chi connectivity index (χ0n) is 31.1. The Balaban J connectivity index is 1.18. The molecule has 0 unspecified atom stereocenters. The molecule has 7 aromatic rings. The van der Waals surface area contributed by atoms with Gasteiger partial charge < -0.3 is 23.7 Å². The molecule has 5 nitrogen and oxygen atoms in total. The molecule has 9 rings (SSSR count). The van der Waals surface area contributed by atoms with E-state index in [1.807, 2.05) is 72.8 Å². The van der Waals surface area contributed by atoms with Crippen molar-refractivity contribution < 1.29 is 23.7 Å². The molecule has 0 aromatic heterocycles. The van der Waals surface area contributed by atoms with Crippen LogP contribution < -0.4 is 23.7 Å². The highest BCUT2D eigenvalue weighted by molar-refractivity contribution is 5.75. The second-order valence-corrected chi connectivity index (χ2v) is 13.8. The number of fused-ring (bicyclic) bond motifs is 4. The molecule has 0 saturated carbocycles.